The number of nitrogens with one attached hydrogen (secondary N) is 1. The zero-order valence-electron chi connectivity index (χ0n) is 9.23. The van der Waals surface area contributed by atoms with Crippen LogP contribution < -0.4 is 5.32 Å². The van der Waals surface area contributed by atoms with E-state index in [1.165, 1.54) is 11.3 Å². The highest BCUT2D eigenvalue weighted by atomic mass is 16.1. The molecule has 82 valence electrons. The second kappa shape index (κ2) is 4.04. The van der Waals surface area contributed by atoms with E-state index < -0.39 is 0 Å². The fraction of sp³-hybridized carbons (Fsp3) is 0.636. The van der Waals surface area contributed by atoms with Crippen molar-refractivity contribution in [3.05, 3.63) is 17.5 Å². The molecule has 1 amide bonds. The van der Waals surface area contributed by atoms with Crippen LogP contribution in [0, 0.1) is 0 Å². The molecule has 2 unspecified atom stereocenters. The number of nitrogens with zero attached hydrogens (tertiary/aromatic N) is 2. The standard InChI is InChI=1S/C11H17N3O/c1-3-8-4-10(12-7-15)5-9-6-14(2)13-11(8)9/h6-8,10H,3-5H2,1-2H3,(H,12,15). The number of aryl methyl sites for hydroxylation is 1. The van der Waals surface area contributed by atoms with Crippen molar-refractivity contribution in [1.82, 2.24) is 15.1 Å². The van der Waals surface area contributed by atoms with E-state index in [1.54, 1.807) is 0 Å². The van der Waals surface area contributed by atoms with Crippen molar-refractivity contribution >= 4 is 6.41 Å². The maximum atomic E-state index is 10.5. The van der Waals surface area contributed by atoms with Crippen molar-refractivity contribution in [3.63, 3.8) is 0 Å². The van der Waals surface area contributed by atoms with Gasteiger partial charge in [-0.1, -0.05) is 6.92 Å². The van der Waals surface area contributed by atoms with Crippen LogP contribution in [0.5, 0.6) is 0 Å². The number of amides is 1. The molecule has 0 aromatic carbocycles. The molecule has 1 aromatic rings. The first kappa shape index (κ1) is 10.2. The number of aromatic nitrogens is 2. The molecular weight excluding hydrogens is 190 g/mol. The molecule has 1 heterocycles. The van der Waals surface area contributed by atoms with Gasteiger partial charge in [0.2, 0.25) is 6.41 Å². The molecule has 1 aromatic heterocycles. The summed E-state index contributed by atoms with van der Waals surface area (Å²) in [5.41, 5.74) is 2.51. The Morgan fingerprint density at radius 1 is 1.73 bits per heavy atom. The maximum absolute atomic E-state index is 10.5. The van der Waals surface area contributed by atoms with E-state index >= 15 is 0 Å². The maximum Gasteiger partial charge on any atom is 0.207 e. The molecule has 1 aliphatic carbocycles. The first-order valence-corrected chi connectivity index (χ1v) is 5.46. The number of carbonyl (C=O) groups is 1. The molecule has 1 aliphatic rings. The summed E-state index contributed by atoms with van der Waals surface area (Å²) in [5.74, 6) is 0.493. The Bertz CT molecular complexity index is 359. The van der Waals surface area contributed by atoms with Gasteiger partial charge in [0.15, 0.2) is 0 Å². The topological polar surface area (TPSA) is 46.9 Å². The SMILES string of the molecule is CCC1CC(NC=O)Cc2cn(C)nc21. The van der Waals surface area contributed by atoms with E-state index in [1.807, 2.05) is 11.7 Å². The third-order valence-electron chi connectivity index (χ3n) is 3.16. The van der Waals surface area contributed by atoms with Crippen LogP contribution >= 0.6 is 0 Å². The molecule has 4 heteroatoms. The first-order chi connectivity index (χ1) is 7.24. The molecule has 2 rings (SSSR count). The summed E-state index contributed by atoms with van der Waals surface area (Å²) >= 11 is 0. The van der Waals surface area contributed by atoms with Gasteiger partial charge in [-0.2, -0.15) is 5.10 Å². The molecule has 0 saturated carbocycles. The summed E-state index contributed by atoms with van der Waals surface area (Å²) < 4.78 is 1.87. The number of carbonyl (C=O) groups excluding carboxylic acids is 1. The zero-order chi connectivity index (χ0) is 10.8. The van der Waals surface area contributed by atoms with E-state index in [9.17, 15) is 4.79 Å². The largest absolute Gasteiger partial charge is 0.356 e. The van der Waals surface area contributed by atoms with E-state index in [0.717, 1.165) is 25.7 Å². The Labute approximate surface area is 89.7 Å². The fourth-order valence-corrected chi connectivity index (χ4v) is 2.44. The number of hydrogen-bond acceptors (Lipinski definition) is 2. The smallest absolute Gasteiger partial charge is 0.207 e. The van der Waals surface area contributed by atoms with Crippen molar-refractivity contribution < 1.29 is 4.79 Å². The molecule has 4 nitrogen and oxygen atoms in total. The van der Waals surface area contributed by atoms with Crippen molar-refractivity contribution in [2.45, 2.75) is 38.1 Å². The van der Waals surface area contributed by atoms with Gasteiger partial charge in [0.05, 0.1) is 5.69 Å². The Kier molecular flexibility index (Phi) is 2.75. The highest BCUT2D eigenvalue weighted by Crippen LogP contribution is 2.32. The van der Waals surface area contributed by atoms with Crippen LogP contribution in [0.1, 0.15) is 36.9 Å². The molecule has 1 N–H and O–H groups in total. The van der Waals surface area contributed by atoms with Crippen molar-refractivity contribution in [1.29, 1.82) is 0 Å². The van der Waals surface area contributed by atoms with Crippen molar-refractivity contribution in [2.75, 3.05) is 0 Å². The first-order valence-electron chi connectivity index (χ1n) is 5.46. The molecule has 0 fully saturated rings. The summed E-state index contributed by atoms with van der Waals surface area (Å²) in [5, 5.41) is 7.38. The summed E-state index contributed by atoms with van der Waals surface area (Å²) in [6.07, 6.45) is 5.88. The van der Waals surface area contributed by atoms with Gasteiger partial charge in [-0.25, -0.2) is 0 Å². The van der Waals surface area contributed by atoms with Crippen LogP contribution in [0.2, 0.25) is 0 Å². The molecule has 2 atom stereocenters. The average Bonchev–Trinajstić information content (AvgIpc) is 2.57. The third-order valence-corrected chi connectivity index (χ3v) is 3.16. The number of rotatable bonds is 3. The van der Waals surface area contributed by atoms with Gasteiger partial charge in [-0.05, 0) is 24.8 Å². The highest BCUT2D eigenvalue weighted by Gasteiger charge is 2.28. The van der Waals surface area contributed by atoms with Crippen molar-refractivity contribution in [3.8, 4) is 0 Å². The summed E-state index contributed by atoms with van der Waals surface area (Å²) in [6.45, 7) is 2.17. The lowest BCUT2D eigenvalue weighted by Crippen LogP contribution is -2.34. The normalized spacial score (nSPS) is 24.7. The Morgan fingerprint density at radius 2 is 2.53 bits per heavy atom. The van der Waals surface area contributed by atoms with Crippen LogP contribution in [0.4, 0.5) is 0 Å². The second-order valence-corrected chi connectivity index (χ2v) is 4.24. The molecule has 15 heavy (non-hydrogen) atoms. The predicted molar refractivity (Wildman–Crippen MR) is 57.5 cm³/mol. The van der Waals surface area contributed by atoms with Crippen LogP contribution in [0.25, 0.3) is 0 Å². The minimum atomic E-state index is 0.282. The lowest BCUT2D eigenvalue weighted by molar-refractivity contribution is -0.110. The Morgan fingerprint density at radius 3 is 3.20 bits per heavy atom. The van der Waals surface area contributed by atoms with Crippen LogP contribution in [0.15, 0.2) is 6.20 Å². The van der Waals surface area contributed by atoms with Gasteiger partial charge in [0.25, 0.3) is 0 Å². The molecular formula is C11H17N3O. The predicted octanol–water partition coefficient (Wildman–Crippen LogP) is 0.974. The van der Waals surface area contributed by atoms with Gasteiger partial charge in [0.1, 0.15) is 0 Å². The summed E-state index contributed by atoms with van der Waals surface area (Å²) in [4.78, 5) is 10.5. The van der Waals surface area contributed by atoms with E-state index in [2.05, 4.69) is 23.5 Å². The Hall–Kier alpha value is -1.32. The fourth-order valence-electron chi connectivity index (χ4n) is 2.44. The summed E-state index contributed by atoms with van der Waals surface area (Å²) in [6, 6.07) is 0.282. The third kappa shape index (κ3) is 1.89. The number of fused-ring (bicyclic) bond motifs is 1. The van der Waals surface area contributed by atoms with Crippen LogP contribution in [0.3, 0.4) is 0 Å². The van der Waals surface area contributed by atoms with E-state index in [-0.39, 0.29) is 6.04 Å². The van der Waals surface area contributed by atoms with Crippen molar-refractivity contribution in [2.24, 2.45) is 7.05 Å². The van der Waals surface area contributed by atoms with E-state index in [4.69, 9.17) is 0 Å². The molecule has 0 aliphatic heterocycles. The molecule has 0 bridgehead atoms. The highest BCUT2D eigenvalue weighted by molar-refractivity contribution is 5.47. The molecule has 0 spiro atoms. The monoisotopic (exact) mass is 207 g/mol. The van der Waals surface area contributed by atoms with Gasteiger partial charge in [-0.15, -0.1) is 0 Å². The van der Waals surface area contributed by atoms with E-state index in [0.29, 0.717) is 5.92 Å². The quantitative estimate of drug-likeness (QED) is 0.751. The molecule has 0 radical (unpaired) electrons. The lowest BCUT2D eigenvalue weighted by Gasteiger charge is -2.27. The minimum absolute atomic E-state index is 0.282. The summed E-state index contributed by atoms with van der Waals surface area (Å²) in [7, 11) is 1.95. The molecule has 0 saturated heterocycles. The van der Waals surface area contributed by atoms with Gasteiger partial charge in [0, 0.05) is 25.2 Å². The van der Waals surface area contributed by atoms with Gasteiger partial charge >= 0.3 is 0 Å². The van der Waals surface area contributed by atoms with Gasteiger partial charge < -0.3 is 5.32 Å². The van der Waals surface area contributed by atoms with Crippen LogP contribution in [-0.2, 0) is 18.3 Å². The zero-order valence-corrected chi connectivity index (χ0v) is 9.23. The lowest BCUT2D eigenvalue weighted by atomic mass is 9.83. The minimum Gasteiger partial charge on any atom is -0.356 e. The number of hydrogen-bond donors (Lipinski definition) is 1. The Balaban J connectivity index is 2.25. The second-order valence-electron chi connectivity index (χ2n) is 4.24. The van der Waals surface area contributed by atoms with Crippen LogP contribution in [-0.4, -0.2) is 22.2 Å². The van der Waals surface area contributed by atoms with Gasteiger partial charge in [-0.3, -0.25) is 9.48 Å². The average molecular weight is 207 g/mol.